The van der Waals surface area contributed by atoms with E-state index in [1.165, 1.54) is 12.1 Å². The first kappa shape index (κ1) is 17.3. The average molecular weight is 334 g/mol. The van der Waals surface area contributed by atoms with E-state index in [9.17, 15) is 8.42 Å². The zero-order valence-electron chi connectivity index (χ0n) is 11.5. The molecule has 0 N–H and O–H groups in total. The fraction of sp³-hybridized carbons (Fsp3) is 0.500. The number of rotatable bonds is 6. The molecule has 0 heterocycles. The van der Waals surface area contributed by atoms with Crippen molar-refractivity contribution in [1.29, 1.82) is 5.26 Å². The van der Waals surface area contributed by atoms with Crippen molar-refractivity contribution in [2.75, 3.05) is 5.75 Å². The minimum Gasteiger partial charge on any atom is -0.224 e. The first-order chi connectivity index (χ1) is 9.18. The number of unbranched alkanes of at least 4 members (excludes halogenated alkanes) is 1. The van der Waals surface area contributed by atoms with Crippen LogP contribution in [0.4, 0.5) is 0 Å². The van der Waals surface area contributed by atoms with Crippen LogP contribution < -0.4 is 0 Å². The summed E-state index contributed by atoms with van der Waals surface area (Å²) in [6, 6.07) is 6.61. The molecule has 0 aliphatic rings. The number of halogens is 2. The van der Waals surface area contributed by atoms with Crippen molar-refractivity contribution in [2.45, 2.75) is 38.0 Å². The summed E-state index contributed by atoms with van der Waals surface area (Å²) in [6.07, 6.45) is 1.84. The molecular weight excluding hydrogens is 317 g/mol. The molecule has 0 fully saturated rings. The molecule has 0 radical (unpaired) electrons. The molecule has 0 aliphatic carbocycles. The monoisotopic (exact) mass is 333 g/mol. The Morgan fingerprint density at radius 1 is 1.25 bits per heavy atom. The maximum Gasteiger partial charge on any atom is 0.179 e. The van der Waals surface area contributed by atoms with E-state index in [-0.39, 0.29) is 15.7 Å². The van der Waals surface area contributed by atoms with E-state index in [4.69, 9.17) is 28.5 Å². The molecule has 0 atom stereocenters. The van der Waals surface area contributed by atoms with Crippen LogP contribution in [-0.2, 0) is 9.84 Å². The summed E-state index contributed by atoms with van der Waals surface area (Å²) in [5.41, 5.74) is -0.419. The van der Waals surface area contributed by atoms with Crippen molar-refractivity contribution in [2.24, 2.45) is 5.41 Å². The van der Waals surface area contributed by atoms with Gasteiger partial charge < -0.3 is 0 Å². The van der Waals surface area contributed by atoms with Gasteiger partial charge in [-0.15, -0.1) is 0 Å². The molecule has 0 aliphatic heterocycles. The lowest BCUT2D eigenvalue weighted by molar-refractivity contribution is 0.431. The molecule has 6 heteroatoms. The molecule has 0 amide bonds. The third kappa shape index (κ3) is 4.97. The Labute approximate surface area is 130 Å². The van der Waals surface area contributed by atoms with Crippen LogP contribution in [0.3, 0.4) is 0 Å². The van der Waals surface area contributed by atoms with Crippen LogP contribution in [0.5, 0.6) is 0 Å². The Morgan fingerprint density at radius 3 is 2.50 bits per heavy atom. The number of nitriles is 1. The molecular formula is C14H17Cl2NO2S. The molecule has 110 valence electrons. The van der Waals surface area contributed by atoms with Crippen molar-refractivity contribution < 1.29 is 8.42 Å². The molecule has 0 bridgehead atoms. The van der Waals surface area contributed by atoms with Crippen molar-refractivity contribution >= 4 is 33.0 Å². The second-order valence-electron chi connectivity index (χ2n) is 5.35. The van der Waals surface area contributed by atoms with Crippen molar-refractivity contribution in [1.82, 2.24) is 0 Å². The quantitative estimate of drug-likeness (QED) is 0.720. The van der Waals surface area contributed by atoms with E-state index < -0.39 is 15.3 Å². The van der Waals surface area contributed by atoms with Crippen LogP contribution in [0.15, 0.2) is 23.1 Å². The largest absolute Gasteiger partial charge is 0.224 e. The molecule has 0 aromatic heterocycles. The second kappa shape index (κ2) is 6.80. The lowest BCUT2D eigenvalue weighted by Gasteiger charge is -2.14. The molecule has 1 aromatic rings. The Balaban J connectivity index is 2.68. The molecule has 20 heavy (non-hydrogen) atoms. The first-order valence-electron chi connectivity index (χ1n) is 6.27. The first-order valence-corrected chi connectivity index (χ1v) is 8.68. The third-order valence-electron chi connectivity index (χ3n) is 3.00. The Bertz CT molecular complexity index is 619. The highest BCUT2D eigenvalue weighted by Gasteiger charge is 2.20. The highest BCUT2D eigenvalue weighted by Crippen LogP contribution is 2.27. The third-order valence-corrected chi connectivity index (χ3v) is 5.51. The van der Waals surface area contributed by atoms with Gasteiger partial charge in [0, 0.05) is 5.02 Å². The van der Waals surface area contributed by atoms with Crippen LogP contribution >= 0.6 is 23.2 Å². The molecule has 3 nitrogen and oxygen atoms in total. The van der Waals surface area contributed by atoms with Crippen molar-refractivity contribution in [3.05, 3.63) is 28.2 Å². The number of sulfone groups is 1. The van der Waals surface area contributed by atoms with Gasteiger partial charge in [0.2, 0.25) is 0 Å². The smallest absolute Gasteiger partial charge is 0.179 e. The minimum absolute atomic E-state index is 0.00850. The van der Waals surface area contributed by atoms with E-state index in [1.807, 2.05) is 13.8 Å². The second-order valence-corrected chi connectivity index (χ2v) is 8.27. The molecule has 0 unspecified atom stereocenters. The summed E-state index contributed by atoms with van der Waals surface area (Å²) < 4.78 is 24.4. The van der Waals surface area contributed by atoms with Gasteiger partial charge in [0.1, 0.15) is 0 Å². The number of hydrogen-bond donors (Lipinski definition) is 0. The Morgan fingerprint density at radius 2 is 1.90 bits per heavy atom. The molecule has 1 aromatic carbocycles. The lowest BCUT2D eigenvalue weighted by atomic mass is 9.89. The van der Waals surface area contributed by atoms with Gasteiger partial charge >= 0.3 is 0 Å². The van der Waals surface area contributed by atoms with Crippen LogP contribution in [0, 0.1) is 16.7 Å². The summed E-state index contributed by atoms with van der Waals surface area (Å²) in [6.45, 7) is 3.69. The number of nitrogens with zero attached hydrogens (tertiary/aromatic N) is 1. The predicted octanol–water partition coefficient (Wildman–Crippen LogP) is 4.49. The fourth-order valence-corrected chi connectivity index (χ4v) is 3.92. The molecule has 0 saturated carbocycles. The maximum atomic E-state index is 12.2. The number of benzene rings is 1. The van der Waals surface area contributed by atoms with E-state index >= 15 is 0 Å². The summed E-state index contributed by atoms with van der Waals surface area (Å²) in [5, 5.41) is 9.43. The summed E-state index contributed by atoms with van der Waals surface area (Å²) in [4.78, 5) is 0.0752. The summed E-state index contributed by atoms with van der Waals surface area (Å²) >= 11 is 11.7. The van der Waals surface area contributed by atoms with Gasteiger partial charge in [-0.05, 0) is 44.9 Å². The lowest BCUT2D eigenvalue weighted by Crippen LogP contribution is -2.11. The van der Waals surface area contributed by atoms with Crippen LogP contribution in [0.1, 0.15) is 33.1 Å². The standard InChI is InChI=1S/C14H17Cl2NO2S/c1-14(2,10-17)7-3-4-8-20(18,19)13-9-11(15)5-6-12(13)16/h5-6,9H,3-4,7-8H2,1-2H3. The molecule has 0 spiro atoms. The minimum atomic E-state index is -3.44. The highest BCUT2D eigenvalue weighted by atomic mass is 35.5. The van der Waals surface area contributed by atoms with Gasteiger partial charge in [0.15, 0.2) is 9.84 Å². The van der Waals surface area contributed by atoms with E-state index in [0.717, 1.165) is 0 Å². The van der Waals surface area contributed by atoms with Crippen LogP contribution in [-0.4, -0.2) is 14.2 Å². The fourth-order valence-electron chi connectivity index (χ4n) is 1.74. The molecule has 0 saturated heterocycles. The van der Waals surface area contributed by atoms with Gasteiger partial charge in [0.25, 0.3) is 0 Å². The van der Waals surface area contributed by atoms with Crippen LogP contribution in [0.25, 0.3) is 0 Å². The normalized spacial score (nSPS) is 12.2. The Kier molecular flexibility index (Phi) is 5.88. The SMILES string of the molecule is CC(C)(C#N)CCCCS(=O)(=O)c1cc(Cl)ccc1Cl. The van der Waals surface area contributed by atoms with Gasteiger partial charge in [-0.3, -0.25) is 0 Å². The summed E-state index contributed by atoms with van der Waals surface area (Å²) in [7, 11) is -3.44. The number of hydrogen-bond acceptors (Lipinski definition) is 3. The average Bonchev–Trinajstić information content (AvgIpc) is 2.37. The molecule has 1 rings (SSSR count). The van der Waals surface area contributed by atoms with Gasteiger partial charge in [0.05, 0.1) is 27.2 Å². The van der Waals surface area contributed by atoms with E-state index in [2.05, 4.69) is 6.07 Å². The van der Waals surface area contributed by atoms with E-state index in [1.54, 1.807) is 6.07 Å². The maximum absolute atomic E-state index is 12.2. The Hall–Kier alpha value is -0.760. The van der Waals surface area contributed by atoms with Crippen molar-refractivity contribution in [3.8, 4) is 6.07 Å². The summed E-state index contributed by atoms with van der Waals surface area (Å²) in [5.74, 6) is 0.00850. The highest BCUT2D eigenvalue weighted by molar-refractivity contribution is 7.91. The van der Waals surface area contributed by atoms with E-state index in [0.29, 0.717) is 24.3 Å². The van der Waals surface area contributed by atoms with Crippen molar-refractivity contribution in [3.63, 3.8) is 0 Å². The van der Waals surface area contributed by atoms with Crippen LogP contribution in [0.2, 0.25) is 10.0 Å². The zero-order chi connectivity index (χ0) is 15.4. The predicted molar refractivity (Wildman–Crippen MR) is 81.8 cm³/mol. The topological polar surface area (TPSA) is 57.9 Å². The zero-order valence-corrected chi connectivity index (χ0v) is 13.8. The van der Waals surface area contributed by atoms with Gasteiger partial charge in [-0.2, -0.15) is 5.26 Å². The van der Waals surface area contributed by atoms with Gasteiger partial charge in [-0.25, -0.2) is 8.42 Å². The van der Waals surface area contributed by atoms with Gasteiger partial charge in [-0.1, -0.05) is 29.6 Å².